The second kappa shape index (κ2) is 6.31. The van der Waals surface area contributed by atoms with Crippen molar-refractivity contribution in [3.63, 3.8) is 0 Å². The monoisotopic (exact) mass is 321 g/mol. The van der Waals surface area contributed by atoms with E-state index in [1.165, 1.54) is 5.56 Å². The largest absolute Gasteiger partial charge is 0.339 e. The fourth-order valence-electron chi connectivity index (χ4n) is 3.30. The summed E-state index contributed by atoms with van der Waals surface area (Å²) in [7, 11) is 0. The van der Waals surface area contributed by atoms with E-state index in [1.807, 2.05) is 47.8 Å². The van der Waals surface area contributed by atoms with E-state index in [-0.39, 0.29) is 5.91 Å². The highest BCUT2D eigenvalue weighted by Crippen LogP contribution is 2.28. The Morgan fingerprint density at radius 3 is 2.29 bits per heavy atom. The molecule has 0 atom stereocenters. The minimum atomic E-state index is 0.111. The van der Waals surface area contributed by atoms with Gasteiger partial charge in [0, 0.05) is 36.6 Å². The molecule has 0 bridgehead atoms. The lowest BCUT2D eigenvalue weighted by molar-refractivity contribution is 0.0713. The molecule has 0 radical (unpaired) electrons. The first-order valence-electron chi connectivity index (χ1n) is 8.18. The first-order valence-corrected chi connectivity index (χ1v) is 8.18. The highest BCUT2D eigenvalue weighted by molar-refractivity contribution is 5.94. The standard InChI is InChI=1S/C18H19N5O/c24-18(15-3-1-13(2-4-15)16-9-19-20-10-16)23-7-5-14(6-8-23)17-11-21-22-12-17/h1-4,9-12,14H,5-8H2,(H,19,20)(H,21,22). The van der Waals surface area contributed by atoms with E-state index in [9.17, 15) is 4.79 Å². The maximum Gasteiger partial charge on any atom is 0.253 e. The van der Waals surface area contributed by atoms with Gasteiger partial charge < -0.3 is 4.90 Å². The van der Waals surface area contributed by atoms with Crippen LogP contribution in [0.4, 0.5) is 0 Å². The van der Waals surface area contributed by atoms with Crippen molar-refractivity contribution < 1.29 is 4.79 Å². The quantitative estimate of drug-likeness (QED) is 0.778. The van der Waals surface area contributed by atoms with Crippen molar-refractivity contribution >= 4 is 5.91 Å². The highest BCUT2D eigenvalue weighted by Gasteiger charge is 2.25. The van der Waals surface area contributed by atoms with Crippen molar-refractivity contribution in [2.75, 3.05) is 13.1 Å². The maximum atomic E-state index is 12.7. The minimum absolute atomic E-state index is 0.111. The van der Waals surface area contributed by atoms with Crippen molar-refractivity contribution in [3.05, 3.63) is 60.2 Å². The van der Waals surface area contributed by atoms with Gasteiger partial charge in [-0.1, -0.05) is 12.1 Å². The second-order valence-corrected chi connectivity index (χ2v) is 6.16. The zero-order chi connectivity index (χ0) is 16.4. The van der Waals surface area contributed by atoms with E-state index in [1.54, 1.807) is 6.20 Å². The molecule has 3 aromatic rings. The molecule has 3 heterocycles. The molecule has 0 unspecified atom stereocenters. The van der Waals surface area contributed by atoms with Gasteiger partial charge in [0.2, 0.25) is 0 Å². The van der Waals surface area contributed by atoms with Gasteiger partial charge in [-0.3, -0.25) is 15.0 Å². The van der Waals surface area contributed by atoms with Crippen LogP contribution < -0.4 is 0 Å². The van der Waals surface area contributed by atoms with E-state index < -0.39 is 0 Å². The Kier molecular flexibility index (Phi) is 3.86. The van der Waals surface area contributed by atoms with Crippen LogP contribution in [0, 0.1) is 0 Å². The molecule has 1 aliphatic heterocycles. The van der Waals surface area contributed by atoms with E-state index >= 15 is 0 Å². The fourth-order valence-corrected chi connectivity index (χ4v) is 3.30. The van der Waals surface area contributed by atoms with Crippen molar-refractivity contribution in [2.45, 2.75) is 18.8 Å². The lowest BCUT2D eigenvalue weighted by Gasteiger charge is -2.31. The first kappa shape index (κ1) is 14.7. The van der Waals surface area contributed by atoms with Gasteiger partial charge in [-0.2, -0.15) is 10.2 Å². The maximum absolute atomic E-state index is 12.7. The van der Waals surface area contributed by atoms with Crippen LogP contribution in [0.25, 0.3) is 11.1 Å². The minimum Gasteiger partial charge on any atom is -0.339 e. The number of amides is 1. The Labute approximate surface area is 139 Å². The highest BCUT2D eigenvalue weighted by atomic mass is 16.2. The number of nitrogens with one attached hydrogen (secondary N) is 2. The van der Waals surface area contributed by atoms with Crippen LogP contribution in [0.15, 0.2) is 49.1 Å². The van der Waals surface area contributed by atoms with Gasteiger partial charge in [0.15, 0.2) is 0 Å². The molecule has 2 N–H and O–H groups in total. The lowest BCUT2D eigenvalue weighted by atomic mass is 9.91. The lowest BCUT2D eigenvalue weighted by Crippen LogP contribution is -2.37. The summed E-state index contributed by atoms with van der Waals surface area (Å²) in [5.74, 6) is 0.607. The summed E-state index contributed by atoms with van der Waals surface area (Å²) >= 11 is 0. The summed E-state index contributed by atoms with van der Waals surface area (Å²) in [4.78, 5) is 14.6. The van der Waals surface area contributed by atoms with Crippen LogP contribution >= 0.6 is 0 Å². The SMILES string of the molecule is O=C(c1ccc(-c2cn[nH]c2)cc1)N1CCC(c2cn[nH]c2)CC1. The summed E-state index contributed by atoms with van der Waals surface area (Å²) in [6.07, 6.45) is 9.43. The number of piperidine rings is 1. The Morgan fingerprint density at radius 2 is 1.67 bits per heavy atom. The van der Waals surface area contributed by atoms with Crippen molar-refractivity contribution in [3.8, 4) is 11.1 Å². The number of hydrogen-bond donors (Lipinski definition) is 2. The Morgan fingerprint density at radius 1 is 0.958 bits per heavy atom. The number of aromatic nitrogens is 4. The third kappa shape index (κ3) is 2.82. The van der Waals surface area contributed by atoms with Gasteiger partial charge >= 0.3 is 0 Å². The molecule has 1 aliphatic rings. The number of nitrogens with zero attached hydrogens (tertiary/aromatic N) is 3. The number of rotatable bonds is 3. The molecule has 6 heteroatoms. The van der Waals surface area contributed by atoms with Gasteiger partial charge in [0.25, 0.3) is 5.91 Å². The summed E-state index contributed by atoms with van der Waals surface area (Å²) in [6.45, 7) is 1.58. The van der Waals surface area contributed by atoms with Gasteiger partial charge in [-0.25, -0.2) is 0 Å². The van der Waals surface area contributed by atoms with Crippen molar-refractivity contribution in [1.82, 2.24) is 25.3 Å². The first-order chi connectivity index (χ1) is 11.8. The molecule has 6 nitrogen and oxygen atoms in total. The molecule has 1 saturated heterocycles. The van der Waals surface area contributed by atoms with E-state index in [4.69, 9.17) is 0 Å². The average Bonchev–Trinajstić information content (AvgIpc) is 3.35. The van der Waals surface area contributed by atoms with Crippen LogP contribution in [0.3, 0.4) is 0 Å². The number of likely N-dealkylation sites (tertiary alicyclic amines) is 1. The van der Waals surface area contributed by atoms with Crippen molar-refractivity contribution in [2.24, 2.45) is 0 Å². The summed E-state index contributed by atoms with van der Waals surface area (Å²) in [6, 6.07) is 7.73. The molecule has 0 saturated carbocycles. The topological polar surface area (TPSA) is 77.7 Å². The molecule has 0 aliphatic carbocycles. The summed E-state index contributed by atoms with van der Waals surface area (Å²) in [5, 5.41) is 13.6. The average molecular weight is 321 g/mol. The normalized spacial score (nSPS) is 15.6. The van der Waals surface area contributed by atoms with E-state index in [2.05, 4.69) is 20.4 Å². The Bertz CT molecular complexity index is 785. The third-order valence-electron chi connectivity index (χ3n) is 4.74. The van der Waals surface area contributed by atoms with Crippen LogP contribution in [-0.4, -0.2) is 44.3 Å². The number of aromatic amines is 2. The van der Waals surface area contributed by atoms with Gasteiger partial charge in [-0.15, -0.1) is 0 Å². The number of benzene rings is 1. The number of H-pyrrole nitrogens is 2. The fraction of sp³-hybridized carbons (Fsp3) is 0.278. The molecule has 4 rings (SSSR count). The number of hydrogen-bond acceptors (Lipinski definition) is 3. The summed E-state index contributed by atoms with van der Waals surface area (Å²) in [5.41, 5.74) is 4.06. The smallest absolute Gasteiger partial charge is 0.253 e. The Balaban J connectivity index is 1.41. The molecule has 1 fully saturated rings. The molecule has 1 aromatic carbocycles. The molecular weight excluding hydrogens is 302 g/mol. The van der Waals surface area contributed by atoms with Crippen LogP contribution in [-0.2, 0) is 0 Å². The van der Waals surface area contributed by atoms with E-state index in [0.717, 1.165) is 42.6 Å². The predicted octanol–water partition coefficient (Wildman–Crippen LogP) is 2.82. The number of carbonyl (C=O) groups is 1. The van der Waals surface area contributed by atoms with Crippen molar-refractivity contribution in [1.29, 1.82) is 0 Å². The zero-order valence-electron chi connectivity index (χ0n) is 13.3. The molecule has 1 amide bonds. The van der Waals surface area contributed by atoms with Gasteiger partial charge in [0.05, 0.1) is 12.4 Å². The molecular formula is C18H19N5O. The van der Waals surface area contributed by atoms with Gasteiger partial charge in [0.1, 0.15) is 0 Å². The van der Waals surface area contributed by atoms with Crippen LogP contribution in [0.1, 0.15) is 34.7 Å². The third-order valence-corrected chi connectivity index (χ3v) is 4.74. The second-order valence-electron chi connectivity index (χ2n) is 6.16. The van der Waals surface area contributed by atoms with Crippen LogP contribution in [0.2, 0.25) is 0 Å². The molecule has 0 spiro atoms. The van der Waals surface area contributed by atoms with Crippen LogP contribution in [0.5, 0.6) is 0 Å². The zero-order valence-corrected chi connectivity index (χ0v) is 13.3. The van der Waals surface area contributed by atoms with E-state index in [0.29, 0.717) is 5.92 Å². The number of carbonyl (C=O) groups excluding carboxylic acids is 1. The molecule has 2 aromatic heterocycles. The molecule has 122 valence electrons. The Hall–Kier alpha value is -2.89. The predicted molar refractivity (Wildman–Crippen MR) is 90.5 cm³/mol. The molecule has 24 heavy (non-hydrogen) atoms. The van der Waals surface area contributed by atoms with Gasteiger partial charge in [-0.05, 0) is 42.0 Å². The summed E-state index contributed by atoms with van der Waals surface area (Å²) < 4.78 is 0.